The minimum atomic E-state index is -2.83. The molecule has 2 heterocycles. The molecule has 1 fully saturated rings. The second-order valence-electron chi connectivity index (χ2n) is 5.20. The van der Waals surface area contributed by atoms with Crippen LogP contribution in [0.25, 0.3) is 11.0 Å². The number of nitrogens with two attached hydrogens (primary N) is 1. The van der Waals surface area contributed by atoms with E-state index in [1.807, 2.05) is 6.07 Å². The van der Waals surface area contributed by atoms with Crippen LogP contribution in [-0.4, -0.2) is 35.0 Å². The molecule has 1 aliphatic heterocycles. The molecular weight excluding hydrogens is 276 g/mol. The van der Waals surface area contributed by atoms with E-state index in [9.17, 15) is 8.78 Å². The van der Waals surface area contributed by atoms with Gasteiger partial charge in [-0.15, -0.1) is 0 Å². The van der Waals surface area contributed by atoms with Crippen molar-refractivity contribution in [2.24, 2.45) is 5.73 Å². The van der Waals surface area contributed by atoms with Crippen molar-refractivity contribution in [3.63, 3.8) is 0 Å². The molecule has 2 aromatic rings. The first kappa shape index (κ1) is 13.6. The van der Waals surface area contributed by atoms with Crippen LogP contribution in [0.5, 0.6) is 0 Å². The van der Waals surface area contributed by atoms with Crippen LogP contribution in [0, 0.1) is 11.3 Å². The molecule has 1 aromatic carbocycles. The average Bonchev–Trinajstić information content (AvgIpc) is 2.44. The minimum Gasteiger partial charge on any atom is -0.362 e. The summed E-state index contributed by atoms with van der Waals surface area (Å²) in [4.78, 5) is 9.85. The van der Waals surface area contributed by atoms with E-state index in [0.717, 1.165) is 0 Å². The van der Waals surface area contributed by atoms with Crippen LogP contribution in [0.15, 0.2) is 24.5 Å². The maximum Gasteiger partial charge on any atom is 0.266 e. The number of halogens is 2. The highest BCUT2D eigenvalue weighted by molar-refractivity contribution is 5.92. The quantitative estimate of drug-likeness (QED) is 0.864. The van der Waals surface area contributed by atoms with Gasteiger partial charge < -0.3 is 10.6 Å². The van der Waals surface area contributed by atoms with E-state index < -0.39 is 18.5 Å². The number of fused-ring (bicyclic) bond motifs is 1. The van der Waals surface area contributed by atoms with Crippen molar-refractivity contribution >= 4 is 16.7 Å². The van der Waals surface area contributed by atoms with E-state index >= 15 is 0 Å². The van der Waals surface area contributed by atoms with Gasteiger partial charge in [0.15, 0.2) is 0 Å². The van der Waals surface area contributed by atoms with Gasteiger partial charge in [-0.3, -0.25) is 9.97 Å². The number of anilines is 1. The summed E-state index contributed by atoms with van der Waals surface area (Å²) in [5.74, 6) is -2.83. The van der Waals surface area contributed by atoms with Gasteiger partial charge in [-0.1, -0.05) is 0 Å². The maximum atomic E-state index is 13.7. The molecule has 0 bridgehead atoms. The van der Waals surface area contributed by atoms with Crippen molar-refractivity contribution in [1.82, 2.24) is 9.97 Å². The Bertz CT molecular complexity index is 725. The molecular formula is C14H13F2N5. The van der Waals surface area contributed by atoms with Gasteiger partial charge in [0.2, 0.25) is 0 Å². The average molecular weight is 289 g/mol. The Kier molecular flexibility index (Phi) is 3.18. The third-order valence-corrected chi connectivity index (χ3v) is 3.50. The molecule has 108 valence electrons. The second-order valence-corrected chi connectivity index (χ2v) is 5.20. The molecule has 0 amide bonds. The maximum absolute atomic E-state index is 13.7. The van der Waals surface area contributed by atoms with Crippen molar-refractivity contribution in [3.05, 3.63) is 30.1 Å². The Balaban J connectivity index is 2.11. The fourth-order valence-electron chi connectivity index (χ4n) is 2.71. The van der Waals surface area contributed by atoms with Gasteiger partial charge in [-0.2, -0.15) is 5.26 Å². The first-order valence-electron chi connectivity index (χ1n) is 6.52. The number of aromatic nitrogens is 2. The summed E-state index contributed by atoms with van der Waals surface area (Å²) in [6, 6.07) is 4.63. The number of hydrogen-bond acceptors (Lipinski definition) is 5. The highest BCUT2D eigenvalue weighted by atomic mass is 19.3. The van der Waals surface area contributed by atoms with Gasteiger partial charge in [-0.25, -0.2) is 8.78 Å². The SMILES string of the molecule is N#Cc1ccc(N2C[C@@H](N)CC(F)(F)C2)c2nccnc12. The Hall–Kier alpha value is -2.33. The van der Waals surface area contributed by atoms with Crippen LogP contribution in [-0.2, 0) is 0 Å². The summed E-state index contributed by atoms with van der Waals surface area (Å²) < 4.78 is 27.5. The lowest BCUT2D eigenvalue weighted by Crippen LogP contribution is -2.52. The topological polar surface area (TPSA) is 78.8 Å². The predicted octanol–water partition coefficient (Wildman–Crippen LogP) is 1.67. The third-order valence-electron chi connectivity index (χ3n) is 3.50. The molecule has 5 nitrogen and oxygen atoms in total. The van der Waals surface area contributed by atoms with Crippen molar-refractivity contribution in [2.45, 2.75) is 18.4 Å². The van der Waals surface area contributed by atoms with E-state index in [0.29, 0.717) is 28.8 Å². The highest BCUT2D eigenvalue weighted by Crippen LogP contribution is 2.33. The number of rotatable bonds is 1. The van der Waals surface area contributed by atoms with E-state index in [1.54, 1.807) is 12.1 Å². The first-order valence-corrected chi connectivity index (χ1v) is 6.52. The Morgan fingerprint density at radius 1 is 1.29 bits per heavy atom. The van der Waals surface area contributed by atoms with Crippen molar-refractivity contribution in [3.8, 4) is 6.07 Å². The summed E-state index contributed by atoms with van der Waals surface area (Å²) in [5.41, 5.74) is 7.50. The lowest BCUT2D eigenvalue weighted by atomic mass is 10.0. The van der Waals surface area contributed by atoms with E-state index in [-0.39, 0.29) is 6.42 Å². The van der Waals surface area contributed by atoms with Crippen LogP contribution in [0.3, 0.4) is 0 Å². The fraction of sp³-hybridized carbons (Fsp3) is 0.357. The summed E-state index contributed by atoms with van der Waals surface area (Å²) in [7, 11) is 0. The number of benzene rings is 1. The van der Waals surface area contributed by atoms with Gasteiger partial charge in [0.25, 0.3) is 5.92 Å². The molecule has 1 aromatic heterocycles. The standard InChI is InChI=1S/C14H13F2N5/c15-14(16)5-10(18)7-21(8-14)11-2-1-9(6-17)12-13(11)20-4-3-19-12/h1-4,10H,5,7-8,18H2/t10-/m0/s1. The monoisotopic (exact) mass is 289 g/mol. The van der Waals surface area contributed by atoms with Gasteiger partial charge in [0.1, 0.15) is 17.1 Å². The van der Waals surface area contributed by atoms with Gasteiger partial charge in [0.05, 0.1) is 17.8 Å². The number of nitrogens with zero attached hydrogens (tertiary/aromatic N) is 4. The molecule has 3 rings (SSSR count). The second kappa shape index (κ2) is 4.90. The molecule has 0 radical (unpaired) electrons. The number of alkyl halides is 2. The molecule has 0 saturated carbocycles. The Morgan fingerprint density at radius 2 is 2.00 bits per heavy atom. The largest absolute Gasteiger partial charge is 0.362 e. The van der Waals surface area contributed by atoms with Crippen LogP contribution >= 0.6 is 0 Å². The van der Waals surface area contributed by atoms with Crippen molar-refractivity contribution in [1.29, 1.82) is 5.26 Å². The van der Waals surface area contributed by atoms with Gasteiger partial charge >= 0.3 is 0 Å². The number of piperidine rings is 1. The summed E-state index contributed by atoms with van der Waals surface area (Å²) >= 11 is 0. The molecule has 7 heteroatoms. The zero-order valence-corrected chi connectivity index (χ0v) is 11.1. The van der Waals surface area contributed by atoms with Crippen LogP contribution in [0.1, 0.15) is 12.0 Å². The molecule has 0 unspecified atom stereocenters. The fourth-order valence-corrected chi connectivity index (χ4v) is 2.71. The zero-order chi connectivity index (χ0) is 15.0. The van der Waals surface area contributed by atoms with E-state index in [4.69, 9.17) is 11.0 Å². The lowest BCUT2D eigenvalue weighted by molar-refractivity contribution is -0.0171. The lowest BCUT2D eigenvalue weighted by Gasteiger charge is -2.37. The van der Waals surface area contributed by atoms with Gasteiger partial charge in [0, 0.05) is 31.4 Å². The molecule has 21 heavy (non-hydrogen) atoms. The summed E-state index contributed by atoms with van der Waals surface area (Å²) in [6.45, 7) is -0.0779. The summed E-state index contributed by atoms with van der Waals surface area (Å²) in [6.07, 6.45) is 2.64. The Labute approximate surface area is 120 Å². The van der Waals surface area contributed by atoms with Gasteiger partial charge in [-0.05, 0) is 12.1 Å². The summed E-state index contributed by atoms with van der Waals surface area (Å²) in [5, 5.41) is 9.09. The highest BCUT2D eigenvalue weighted by Gasteiger charge is 2.39. The first-order chi connectivity index (χ1) is 10.00. The molecule has 2 N–H and O–H groups in total. The van der Waals surface area contributed by atoms with E-state index in [1.165, 1.54) is 17.3 Å². The van der Waals surface area contributed by atoms with Crippen LogP contribution < -0.4 is 10.6 Å². The number of hydrogen-bond donors (Lipinski definition) is 1. The normalized spacial score (nSPS) is 21.2. The van der Waals surface area contributed by atoms with Crippen molar-refractivity contribution < 1.29 is 8.78 Å². The third kappa shape index (κ3) is 2.50. The zero-order valence-electron chi connectivity index (χ0n) is 11.1. The van der Waals surface area contributed by atoms with Crippen molar-refractivity contribution in [2.75, 3.05) is 18.0 Å². The predicted molar refractivity (Wildman–Crippen MR) is 74.0 cm³/mol. The van der Waals surface area contributed by atoms with E-state index in [2.05, 4.69) is 9.97 Å². The minimum absolute atomic E-state index is 0.316. The van der Waals surface area contributed by atoms with Crippen LogP contribution in [0.4, 0.5) is 14.5 Å². The number of nitriles is 1. The molecule has 1 aliphatic rings. The molecule has 0 aliphatic carbocycles. The Morgan fingerprint density at radius 3 is 2.67 bits per heavy atom. The smallest absolute Gasteiger partial charge is 0.266 e. The molecule has 1 atom stereocenters. The molecule has 1 saturated heterocycles. The van der Waals surface area contributed by atoms with Crippen LogP contribution in [0.2, 0.25) is 0 Å². The molecule has 0 spiro atoms.